The van der Waals surface area contributed by atoms with Gasteiger partial charge in [0.2, 0.25) is 0 Å². The van der Waals surface area contributed by atoms with Crippen LogP contribution in [0, 0.1) is 0 Å². The first-order valence-corrected chi connectivity index (χ1v) is 16.6. The van der Waals surface area contributed by atoms with Crippen LogP contribution in [0.3, 0.4) is 0 Å². The summed E-state index contributed by atoms with van der Waals surface area (Å²) in [5.41, 5.74) is 10.5. The summed E-state index contributed by atoms with van der Waals surface area (Å²) in [4.78, 5) is 0. The number of hydrogen-bond donors (Lipinski definition) is 0. The molecule has 0 saturated carbocycles. The average molecular weight is 597 g/mol. The van der Waals surface area contributed by atoms with Gasteiger partial charge in [-0.3, -0.25) is 0 Å². The Morgan fingerprint density at radius 2 is 0.936 bits per heavy atom. The minimum atomic E-state index is -0.163. The van der Waals surface area contributed by atoms with Crippen LogP contribution in [0.25, 0.3) is 87.2 Å². The van der Waals surface area contributed by atoms with E-state index in [-0.39, 0.29) is 5.41 Å². The van der Waals surface area contributed by atoms with E-state index in [9.17, 15) is 0 Å². The lowest BCUT2D eigenvalue weighted by Crippen LogP contribution is -2.15. The minimum Gasteiger partial charge on any atom is -0.0616 e. The van der Waals surface area contributed by atoms with E-state index in [0.717, 1.165) is 0 Å². The molecule has 9 aromatic rings. The molecule has 0 amide bonds. The fourth-order valence-corrected chi connectivity index (χ4v) is 8.39. The molecule has 47 heavy (non-hydrogen) atoms. The van der Waals surface area contributed by atoms with Gasteiger partial charge in [-0.1, -0.05) is 135 Å². The van der Waals surface area contributed by atoms with Gasteiger partial charge in [0.1, 0.15) is 0 Å². The van der Waals surface area contributed by atoms with Crippen LogP contribution in [0.15, 0.2) is 158 Å². The average Bonchev–Trinajstić information content (AvgIpc) is 3.34. The van der Waals surface area contributed by atoms with E-state index in [2.05, 4.69) is 172 Å². The van der Waals surface area contributed by atoms with Gasteiger partial charge in [-0.05, 0) is 135 Å². The highest BCUT2D eigenvalue weighted by Gasteiger charge is 2.38. The van der Waals surface area contributed by atoms with E-state index >= 15 is 0 Å². The zero-order chi connectivity index (χ0) is 31.3. The highest BCUT2D eigenvalue weighted by Crippen LogP contribution is 2.55. The molecule has 0 spiro atoms. The van der Waals surface area contributed by atoms with Crippen LogP contribution in [0.2, 0.25) is 0 Å². The van der Waals surface area contributed by atoms with Crippen molar-refractivity contribution < 1.29 is 0 Å². The van der Waals surface area contributed by atoms with Crippen molar-refractivity contribution in [2.75, 3.05) is 0 Å². The van der Waals surface area contributed by atoms with Gasteiger partial charge in [-0.2, -0.15) is 0 Å². The molecule has 10 rings (SSSR count). The van der Waals surface area contributed by atoms with E-state index in [1.807, 2.05) is 0 Å². The largest absolute Gasteiger partial charge is 0.0616 e. The zero-order valence-electron chi connectivity index (χ0n) is 26.5. The molecule has 0 aliphatic heterocycles. The van der Waals surface area contributed by atoms with Crippen LogP contribution in [0.5, 0.6) is 0 Å². The second-order valence-electron chi connectivity index (χ2n) is 13.7. The molecule has 0 atom stereocenters. The van der Waals surface area contributed by atoms with Crippen molar-refractivity contribution in [3.05, 3.63) is 169 Å². The maximum Gasteiger partial charge on any atom is 0.0159 e. The van der Waals surface area contributed by atoms with Crippen LogP contribution < -0.4 is 0 Å². The summed E-state index contributed by atoms with van der Waals surface area (Å²) in [6.07, 6.45) is 0. The summed E-state index contributed by atoms with van der Waals surface area (Å²) in [7, 11) is 0. The van der Waals surface area contributed by atoms with Crippen LogP contribution in [-0.2, 0) is 5.41 Å². The summed E-state index contributed by atoms with van der Waals surface area (Å²) in [6, 6.07) is 59.1. The Balaban J connectivity index is 1.36. The first kappa shape index (κ1) is 26.5. The molecular formula is C47H32. The molecule has 0 bridgehead atoms. The Hall–Kier alpha value is -5.72. The SMILES string of the molecule is CC1(C)c2cc3ccccc3cc2-c2c(-c3ccc4ccccc4c3)cc(-c3c4ccccc4cc4c3ccc3ccccc34)cc21. The third kappa shape index (κ3) is 3.82. The first-order chi connectivity index (χ1) is 23.0. The standard InChI is InChI=1S/C47H32/c1-47(2)43-27-33-15-6-5-14-32(33)24-42(43)46-40(35-20-19-29-11-3-4-13-31(29)23-35)26-36(28-44(46)47)45-38-18-10-8-16-34(38)25-41-37-17-9-7-12-30(37)21-22-39(41)45/h3-28H,1-2H3. The molecular weight excluding hydrogens is 565 g/mol. The summed E-state index contributed by atoms with van der Waals surface area (Å²) in [5.74, 6) is 0. The number of rotatable bonds is 2. The second kappa shape index (κ2) is 9.64. The van der Waals surface area contributed by atoms with Crippen molar-refractivity contribution in [3.8, 4) is 33.4 Å². The van der Waals surface area contributed by atoms with Gasteiger partial charge in [0.05, 0.1) is 0 Å². The van der Waals surface area contributed by atoms with Crippen molar-refractivity contribution in [1.82, 2.24) is 0 Å². The molecule has 1 aliphatic carbocycles. The van der Waals surface area contributed by atoms with Crippen molar-refractivity contribution in [2.45, 2.75) is 19.3 Å². The molecule has 0 heteroatoms. The van der Waals surface area contributed by atoms with Crippen molar-refractivity contribution in [1.29, 1.82) is 0 Å². The summed E-state index contributed by atoms with van der Waals surface area (Å²) in [5, 5.41) is 12.9. The molecule has 0 saturated heterocycles. The van der Waals surface area contributed by atoms with E-state index in [1.165, 1.54) is 98.4 Å². The zero-order valence-corrected chi connectivity index (χ0v) is 26.5. The quantitative estimate of drug-likeness (QED) is 0.138. The number of hydrogen-bond acceptors (Lipinski definition) is 0. The lowest BCUT2D eigenvalue weighted by Gasteiger charge is -2.24. The van der Waals surface area contributed by atoms with E-state index < -0.39 is 0 Å². The lowest BCUT2D eigenvalue weighted by molar-refractivity contribution is 0.661. The van der Waals surface area contributed by atoms with E-state index in [0.29, 0.717) is 0 Å². The number of fused-ring (bicyclic) bond motifs is 9. The maximum atomic E-state index is 2.51. The number of benzene rings is 9. The Morgan fingerprint density at radius 1 is 0.319 bits per heavy atom. The van der Waals surface area contributed by atoms with Gasteiger partial charge >= 0.3 is 0 Å². The Labute approximate surface area is 274 Å². The predicted molar refractivity (Wildman–Crippen MR) is 202 cm³/mol. The van der Waals surface area contributed by atoms with Gasteiger partial charge in [-0.15, -0.1) is 0 Å². The fraction of sp³-hybridized carbons (Fsp3) is 0.0638. The van der Waals surface area contributed by atoms with Crippen LogP contribution in [0.4, 0.5) is 0 Å². The molecule has 1 aliphatic rings. The summed E-state index contributed by atoms with van der Waals surface area (Å²) in [6.45, 7) is 4.82. The molecule has 0 N–H and O–H groups in total. The summed E-state index contributed by atoms with van der Waals surface area (Å²) >= 11 is 0. The topological polar surface area (TPSA) is 0 Å². The highest BCUT2D eigenvalue weighted by atomic mass is 14.4. The smallest absolute Gasteiger partial charge is 0.0159 e. The molecule has 0 radical (unpaired) electrons. The molecule has 0 heterocycles. The monoisotopic (exact) mass is 596 g/mol. The molecule has 9 aromatic carbocycles. The molecule has 0 aromatic heterocycles. The van der Waals surface area contributed by atoms with Crippen LogP contribution in [0.1, 0.15) is 25.0 Å². The van der Waals surface area contributed by atoms with Gasteiger partial charge in [0, 0.05) is 5.41 Å². The third-order valence-corrected chi connectivity index (χ3v) is 10.8. The molecule has 0 unspecified atom stereocenters. The minimum absolute atomic E-state index is 0.163. The van der Waals surface area contributed by atoms with Gasteiger partial charge < -0.3 is 0 Å². The molecule has 0 fully saturated rings. The Bertz CT molecular complexity index is 2760. The van der Waals surface area contributed by atoms with Gasteiger partial charge in [0.25, 0.3) is 0 Å². The normalized spacial score (nSPS) is 13.5. The van der Waals surface area contributed by atoms with Gasteiger partial charge in [0.15, 0.2) is 0 Å². The van der Waals surface area contributed by atoms with Crippen LogP contribution >= 0.6 is 0 Å². The van der Waals surface area contributed by atoms with Crippen LogP contribution in [-0.4, -0.2) is 0 Å². The Morgan fingerprint density at radius 3 is 1.72 bits per heavy atom. The van der Waals surface area contributed by atoms with Crippen molar-refractivity contribution in [3.63, 3.8) is 0 Å². The maximum absolute atomic E-state index is 2.51. The van der Waals surface area contributed by atoms with Crippen molar-refractivity contribution >= 4 is 53.9 Å². The Kier molecular flexibility index (Phi) is 5.44. The molecule has 220 valence electrons. The fourth-order valence-electron chi connectivity index (χ4n) is 8.39. The van der Waals surface area contributed by atoms with Crippen molar-refractivity contribution in [2.24, 2.45) is 0 Å². The van der Waals surface area contributed by atoms with E-state index in [1.54, 1.807) is 0 Å². The van der Waals surface area contributed by atoms with E-state index in [4.69, 9.17) is 0 Å². The first-order valence-electron chi connectivity index (χ1n) is 16.6. The second-order valence-corrected chi connectivity index (χ2v) is 13.7. The molecule has 0 nitrogen and oxygen atoms in total. The lowest BCUT2D eigenvalue weighted by atomic mass is 9.79. The highest BCUT2D eigenvalue weighted by molar-refractivity contribution is 6.20. The third-order valence-electron chi connectivity index (χ3n) is 10.8. The van der Waals surface area contributed by atoms with Gasteiger partial charge in [-0.25, -0.2) is 0 Å². The predicted octanol–water partition coefficient (Wildman–Crippen LogP) is 13.1. The summed E-state index contributed by atoms with van der Waals surface area (Å²) < 4.78 is 0.